The monoisotopic (exact) mass is 249 g/mol. The van der Waals surface area contributed by atoms with Gasteiger partial charge in [0.05, 0.1) is 18.6 Å². The fraction of sp³-hybridized carbons (Fsp3) is 0.231. The van der Waals surface area contributed by atoms with Crippen LogP contribution in [0.5, 0.6) is 0 Å². The zero-order valence-electron chi connectivity index (χ0n) is 10.1. The summed E-state index contributed by atoms with van der Waals surface area (Å²) in [6, 6.07) is 4.61. The quantitative estimate of drug-likeness (QED) is 0.614. The predicted molar refractivity (Wildman–Crippen MR) is 68.1 cm³/mol. The molecule has 5 nitrogen and oxygen atoms in total. The van der Waals surface area contributed by atoms with Gasteiger partial charge in [0.25, 0.3) is 0 Å². The summed E-state index contributed by atoms with van der Waals surface area (Å²) in [5.74, 6) is -1.36. The van der Waals surface area contributed by atoms with Gasteiger partial charge in [0.15, 0.2) is 0 Å². The fourth-order valence-corrected chi connectivity index (χ4v) is 1.39. The summed E-state index contributed by atoms with van der Waals surface area (Å²) in [7, 11) is 0. The number of carbonyl (C=O) groups excluding carboxylic acids is 1. The highest BCUT2D eigenvalue weighted by Gasteiger charge is 2.06. The summed E-state index contributed by atoms with van der Waals surface area (Å²) < 4.78 is 4.76. The summed E-state index contributed by atoms with van der Waals surface area (Å²) in [6.45, 7) is 2.10. The maximum absolute atomic E-state index is 11.1. The topological polar surface area (TPSA) is 89.6 Å². The number of nitrogen functional groups attached to an aromatic ring is 1. The Labute approximate surface area is 105 Å². The number of esters is 1. The minimum absolute atomic E-state index is 0.0672. The average Bonchev–Trinajstić information content (AvgIpc) is 2.29. The molecule has 5 heteroatoms. The number of carboxylic acid groups (broad SMARTS) is 1. The van der Waals surface area contributed by atoms with E-state index in [1.54, 1.807) is 31.2 Å². The molecule has 0 aliphatic heterocycles. The van der Waals surface area contributed by atoms with Crippen molar-refractivity contribution in [2.45, 2.75) is 13.3 Å². The molecule has 0 bridgehead atoms. The number of hydrogen-bond acceptors (Lipinski definition) is 4. The molecule has 0 radical (unpaired) electrons. The lowest BCUT2D eigenvalue weighted by Gasteiger charge is -2.01. The number of ether oxygens (including phenoxy) is 1. The van der Waals surface area contributed by atoms with Crippen molar-refractivity contribution in [3.63, 3.8) is 0 Å². The van der Waals surface area contributed by atoms with E-state index >= 15 is 0 Å². The lowest BCUT2D eigenvalue weighted by Crippen LogP contribution is -2.02. The van der Waals surface area contributed by atoms with Crippen LogP contribution in [-0.4, -0.2) is 23.7 Å². The Morgan fingerprint density at radius 1 is 1.44 bits per heavy atom. The van der Waals surface area contributed by atoms with Crippen molar-refractivity contribution < 1.29 is 19.4 Å². The largest absolute Gasteiger partial charge is 0.478 e. The van der Waals surface area contributed by atoms with Crippen LogP contribution in [0.4, 0.5) is 5.69 Å². The summed E-state index contributed by atoms with van der Waals surface area (Å²) in [6.07, 6.45) is 3.51. The molecular formula is C13H15NO4. The molecule has 0 saturated heterocycles. The Balaban J connectivity index is 2.69. The predicted octanol–water partition coefficient (Wildman–Crippen LogP) is 1.93. The van der Waals surface area contributed by atoms with Gasteiger partial charge in [-0.25, -0.2) is 4.79 Å². The number of benzene rings is 1. The standard InChI is InChI=1S/C13H15NO4/c1-2-18-12(15)5-3-4-9-6-7-10(13(16)17)11(14)8-9/h3-4,6-8H,2,5,14H2,1H3,(H,16,17). The molecule has 0 saturated carbocycles. The zero-order valence-corrected chi connectivity index (χ0v) is 10.1. The van der Waals surface area contributed by atoms with Gasteiger partial charge in [-0.1, -0.05) is 18.2 Å². The molecule has 1 rings (SSSR count). The molecule has 18 heavy (non-hydrogen) atoms. The highest BCUT2D eigenvalue weighted by Crippen LogP contribution is 2.15. The molecule has 0 unspecified atom stereocenters. The summed E-state index contributed by atoms with van der Waals surface area (Å²) in [5, 5.41) is 8.81. The third-order valence-corrected chi connectivity index (χ3v) is 2.21. The number of aromatic carboxylic acids is 1. The number of nitrogens with two attached hydrogens (primary N) is 1. The molecule has 3 N–H and O–H groups in total. The first-order chi connectivity index (χ1) is 8.54. The van der Waals surface area contributed by atoms with Crippen molar-refractivity contribution in [1.29, 1.82) is 0 Å². The molecule has 0 aliphatic carbocycles. The van der Waals surface area contributed by atoms with E-state index in [1.807, 2.05) is 0 Å². The van der Waals surface area contributed by atoms with Gasteiger partial charge in [0, 0.05) is 5.69 Å². The van der Waals surface area contributed by atoms with Crippen molar-refractivity contribution in [3.05, 3.63) is 35.4 Å². The minimum Gasteiger partial charge on any atom is -0.478 e. The SMILES string of the molecule is CCOC(=O)CC=Cc1ccc(C(=O)O)c(N)c1. The Morgan fingerprint density at radius 3 is 2.72 bits per heavy atom. The van der Waals surface area contributed by atoms with E-state index in [0.717, 1.165) is 5.56 Å². The molecule has 0 atom stereocenters. The van der Waals surface area contributed by atoms with Gasteiger partial charge in [-0.15, -0.1) is 0 Å². The van der Waals surface area contributed by atoms with E-state index < -0.39 is 5.97 Å². The Hall–Kier alpha value is -2.30. The van der Waals surface area contributed by atoms with Crippen LogP contribution in [0, 0.1) is 0 Å². The molecule has 1 aromatic rings. The van der Waals surface area contributed by atoms with E-state index in [1.165, 1.54) is 6.07 Å². The van der Waals surface area contributed by atoms with E-state index in [4.69, 9.17) is 15.6 Å². The molecule has 96 valence electrons. The Bertz CT molecular complexity index is 480. The smallest absolute Gasteiger partial charge is 0.337 e. The van der Waals surface area contributed by atoms with Gasteiger partial charge in [-0.3, -0.25) is 4.79 Å². The molecular weight excluding hydrogens is 234 g/mol. The van der Waals surface area contributed by atoms with Crippen LogP contribution in [0.1, 0.15) is 29.3 Å². The van der Waals surface area contributed by atoms with E-state index in [0.29, 0.717) is 6.61 Å². The van der Waals surface area contributed by atoms with Crippen molar-refractivity contribution in [2.24, 2.45) is 0 Å². The fourth-order valence-electron chi connectivity index (χ4n) is 1.39. The Morgan fingerprint density at radius 2 is 2.17 bits per heavy atom. The lowest BCUT2D eigenvalue weighted by molar-refractivity contribution is -0.142. The van der Waals surface area contributed by atoms with Crippen molar-refractivity contribution in [1.82, 2.24) is 0 Å². The van der Waals surface area contributed by atoms with Crippen molar-refractivity contribution >= 4 is 23.7 Å². The van der Waals surface area contributed by atoms with Crippen LogP contribution >= 0.6 is 0 Å². The van der Waals surface area contributed by atoms with Gasteiger partial charge in [0.1, 0.15) is 0 Å². The van der Waals surface area contributed by atoms with E-state index in [9.17, 15) is 9.59 Å². The van der Waals surface area contributed by atoms with Gasteiger partial charge >= 0.3 is 11.9 Å². The van der Waals surface area contributed by atoms with Crippen LogP contribution in [0.25, 0.3) is 6.08 Å². The second-order valence-electron chi connectivity index (χ2n) is 3.56. The Kier molecular flexibility index (Phi) is 4.92. The van der Waals surface area contributed by atoms with Crippen molar-refractivity contribution in [3.8, 4) is 0 Å². The van der Waals surface area contributed by atoms with Gasteiger partial charge in [-0.05, 0) is 24.6 Å². The van der Waals surface area contributed by atoms with Crippen LogP contribution in [0.3, 0.4) is 0 Å². The zero-order chi connectivity index (χ0) is 13.5. The molecule has 0 heterocycles. The second-order valence-corrected chi connectivity index (χ2v) is 3.56. The van der Waals surface area contributed by atoms with Crippen LogP contribution < -0.4 is 5.73 Å². The average molecular weight is 249 g/mol. The van der Waals surface area contributed by atoms with E-state index in [-0.39, 0.29) is 23.6 Å². The molecule has 0 fully saturated rings. The highest BCUT2D eigenvalue weighted by atomic mass is 16.5. The number of anilines is 1. The minimum atomic E-state index is -1.06. The number of hydrogen-bond donors (Lipinski definition) is 2. The third kappa shape index (κ3) is 3.93. The van der Waals surface area contributed by atoms with Gasteiger partial charge in [0.2, 0.25) is 0 Å². The highest BCUT2D eigenvalue weighted by molar-refractivity contribution is 5.94. The maximum Gasteiger partial charge on any atom is 0.337 e. The van der Waals surface area contributed by atoms with E-state index in [2.05, 4.69) is 0 Å². The lowest BCUT2D eigenvalue weighted by atomic mass is 10.1. The number of carbonyl (C=O) groups is 2. The number of rotatable bonds is 5. The first kappa shape index (κ1) is 13.8. The number of carboxylic acids is 1. The summed E-state index contributed by atoms with van der Waals surface area (Å²) in [4.78, 5) is 21.8. The first-order valence-corrected chi connectivity index (χ1v) is 5.49. The molecule has 0 amide bonds. The maximum atomic E-state index is 11.1. The van der Waals surface area contributed by atoms with Crippen LogP contribution in [0.15, 0.2) is 24.3 Å². The van der Waals surface area contributed by atoms with Gasteiger partial charge in [-0.2, -0.15) is 0 Å². The van der Waals surface area contributed by atoms with Crippen molar-refractivity contribution in [2.75, 3.05) is 12.3 Å². The molecule has 1 aromatic carbocycles. The summed E-state index contributed by atoms with van der Waals surface area (Å²) in [5.41, 5.74) is 6.60. The normalized spacial score (nSPS) is 10.5. The molecule has 0 spiro atoms. The molecule has 0 aliphatic rings. The first-order valence-electron chi connectivity index (χ1n) is 5.49. The third-order valence-electron chi connectivity index (χ3n) is 2.21. The van der Waals surface area contributed by atoms with Gasteiger partial charge < -0.3 is 15.6 Å². The molecule has 0 aromatic heterocycles. The second kappa shape index (κ2) is 6.44. The summed E-state index contributed by atoms with van der Waals surface area (Å²) >= 11 is 0. The van der Waals surface area contributed by atoms with Crippen LogP contribution in [-0.2, 0) is 9.53 Å². The van der Waals surface area contributed by atoms with Crippen LogP contribution in [0.2, 0.25) is 0 Å².